The standard InChI is InChI=1S/C14H19N5O/c1-2-20-13-8-10(7-11(15)9-13)14-16-17-18-19(14)12-5-3-4-6-12/h7-9,12H,2-6,15H2,1H3. The van der Waals surface area contributed by atoms with Crippen LogP contribution in [0.5, 0.6) is 5.75 Å². The predicted molar refractivity (Wildman–Crippen MR) is 76.3 cm³/mol. The third-order valence-electron chi connectivity index (χ3n) is 3.66. The van der Waals surface area contributed by atoms with Gasteiger partial charge in [0.1, 0.15) is 5.75 Å². The summed E-state index contributed by atoms with van der Waals surface area (Å²) in [6.07, 6.45) is 4.76. The smallest absolute Gasteiger partial charge is 0.182 e. The van der Waals surface area contributed by atoms with Crippen molar-refractivity contribution in [2.45, 2.75) is 38.6 Å². The van der Waals surface area contributed by atoms with Gasteiger partial charge in [0.15, 0.2) is 5.82 Å². The zero-order chi connectivity index (χ0) is 13.9. The van der Waals surface area contributed by atoms with E-state index >= 15 is 0 Å². The van der Waals surface area contributed by atoms with E-state index < -0.39 is 0 Å². The molecule has 1 aliphatic rings. The highest BCUT2D eigenvalue weighted by Gasteiger charge is 2.22. The van der Waals surface area contributed by atoms with Crippen molar-refractivity contribution in [2.75, 3.05) is 12.3 Å². The number of ether oxygens (including phenoxy) is 1. The fraction of sp³-hybridized carbons (Fsp3) is 0.500. The van der Waals surface area contributed by atoms with Gasteiger partial charge in [-0.15, -0.1) is 5.10 Å². The summed E-state index contributed by atoms with van der Waals surface area (Å²) in [5, 5.41) is 12.1. The van der Waals surface area contributed by atoms with E-state index in [1.165, 1.54) is 12.8 Å². The second kappa shape index (κ2) is 5.48. The van der Waals surface area contributed by atoms with Crippen LogP contribution in [-0.4, -0.2) is 26.8 Å². The van der Waals surface area contributed by atoms with Crippen LogP contribution in [0.25, 0.3) is 11.4 Å². The van der Waals surface area contributed by atoms with Crippen molar-refractivity contribution in [2.24, 2.45) is 0 Å². The van der Waals surface area contributed by atoms with Crippen LogP contribution in [0, 0.1) is 0 Å². The molecule has 6 heteroatoms. The molecule has 0 atom stereocenters. The molecule has 2 aromatic rings. The van der Waals surface area contributed by atoms with Gasteiger partial charge in [0.25, 0.3) is 0 Å². The highest BCUT2D eigenvalue weighted by atomic mass is 16.5. The topological polar surface area (TPSA) is 78.8 Å². The van der Waals surface area contributed by atoms with Crippen LogP contribution in [0.3, 0.4) is 0 Å². The lowest BCUT2D eigenvalue weighted by molar-refractivity contribution is 0.340. The van der Waals surface area contributed by atoms with Crippen molar-refractivity contribution in [3.8, 4) is 17.1 Å². The predicted octanol–water partition coefficient (Wildman–Crippen LogP) is 2.44. The molecular weight excluding hydrogens is 254 g/mol. The first kappa shape index (κ1) is 12.9. The number of tetrazole rings is 1. The molecule has 0 radical (unpaired) electrons. The van der Waals surface area contributed by atoms with Crippen LogP contribution in [0.2, 0.25) is 0 Å². The Morgan fingerprint density at radius 3 is 2.85 bits per heavy atom. The lowest BCUT2D eigenvalue weighted by atomic mass is 10.1. The Morgan fingerprint density at radius 1 is 1.30 bits per heavy atom. The maximum absolute atomic E-state index is 5.94. The molecular formula is C14H19N5O. The van der Waals surface area contributed by atoms with Crippen LogP contribution in [0.15, 0.2) is 18.2 Å². The molecule has 0 amide bonds. The van der Waals surface area contributed by atoms with Crippen molar-refractivity contribution < 1.29 is 4.74 Å². The van der Waals surface area contributed by atoms with E-state index in [4.69, 9.17) is 10.5 Å². The normalized spacial score (nSPS) is 15.7. The Kier molecular flexibility index (Phi) is 3.54. The third-order valence-corrected chi connectivity index (χ3v) is 3.66. The zero-order valence-electron chi connectivity index (χ0n) is 11.6. The van der Waals surface area contributed by atoms with Gasteiger partial charge in [0.05, 0.1) is 12.6 Å². The van der Waals surface area contributed by atoms with E-state index in [1.807, 2.05) is 29.8 Å². The van der Waals surface area contributed by atoms with Gasteiger partial charge in [-0.1, -0.05) is 12.8 Å². The summed E-state index contributed by atoms with van der Waals surface area (Å²) in [7, 11) is 0. The summed E-state index contributed by atoms with van der Waals surface area (Å²) in [6, 6.07) is 6.05. The average molecular weight is 273 g/mol. The Bertz CT molecular complexity index is 589. The summed E-state index contributed by atoms with van der Waals surface area (Å²) < 4.78 is 7.46. The van der Waals surface area contributed by atoms with Crippen molar-refractivity contribution >= 4 is 5.69 Å². The van der Waals surface area contributed by atoms with E-state index in [9.17, 15) is 0 Å². The SMILES string of the molecule is CCOc1cc(N)cc(-c2nnnn2C2CCCC2)c1. The quantitative estimate of drug-likeness (QED) is 0.865. The monoisotopic (exact) mass is 273 g/mol. The molecule has 0 spiro atoms. The van der Waals surface area contributed by atoms with Gasteiger partial charge in [-0.3, -0.25) is 0 Å². The highest BCUT2D eigenvalue weighted by molar-refractivity contribution is 5.64. The molecule has 1 fully saturated rings. The maximum atomic E-state index is 5.94. The first-order valence-electron chi connectivity index (χ1n) is 7.09. The minimum Gasteiger partial charge on any atom is -0.494 e. The molecule has 6 nitrogen and oxygen atoms in total. The van der Waals surface area contributed by atoms with Gasteiger partial charge in [-0.25, -0.2) is 4.68 Å². The minimum atomic E-state index is 0.400. The summed E-state index contributed by atoms with van der Waals surface area (Å²) in [4.78, 5) is 0. The average Bonchev–Trinajstić information content (AvgIpc) is 3.09. The number of nitrogens with zero attached hydrogens (tertiary/aromatic N) is 4. The highest BCUT2D eigenvalue weighted by Crippen LogP contribution is 2.33. The van der Waals surface area contributed by atoms with Crippen LogP contribution in [0.4, 0.5) is 5.69 Å². The van der Waals surface area contributed by atoms with Crippen molar-refractivity contribution in [1.29, 1.82) is 0 Å². The van der Waals surface area contributed by atoms with Crippen molar-refractivity contribution in [3.63, 3.8) is 0 Å². The zero-order valence-corrected chi connectivity index (χ0v) is 11.6. The number of nitrogens with two attached hydrogens (primary N) is 1. The molecule has 3 rings (SSSR count). The molecule has 20 heavy (non-hydrogen) atoms. The number of benzene rings is 1. The van der Waals surface area contributed by atoms with Crippen LogP contribution in [0.1, 0.15) is 38.6 Å². The first-order valence-corrected chi connectivity index (χ1v) is 7.09. The Balaban J connectivity index is 1.98. The first-order chi connectivity index (χ1) is 9.78. The second-order valence-electron chi connectivity index (χ2n) is 5.11. The Morgan fingerprint density at radius 2 is 2.10 bits per heavy atom. The summed E-state index contributed by atoms with van der Waals surface area (Å²) in [5.41, 5.74) is 7.51. The van der Waals surface area contributed by atoms with Gasteiger partial charge in [-0.2, -0.15) is 0 Å². The number of hydrogen-bond donors (Lipinski definition) is 1. The van der Waals surface area contributed by atoms with Crippen molar-refractivity contribution in [1.82, 2.24) is 20.2 Å². The van der Waals surface area contributed by atoms with Crippen molar-refractivity contribution in [3.05, 3.63) is 18.2 Å². The third kappa shape index (κ3) is 2.45. The molecule has 2 N–H and O–H groups in total. The lowest BCUT2D eigenvalue weighted by Crippen LogP contribution is -2.09. The largest absolute Gasteiger partial charge is 0.494 e. The van der Waals surface area contributed by atoms with Gasteiger partial charge in [0, 0.05) is 17.3 Å². The summed E-state index contributed by atoms with van der Waals surface area (Å²) in [6.45, 7) is 2.56. The number of nitrogen functional groups attached to an aromatic ring is 1. The molecule has 1 aromatic carbocycles. The van der Waals surface area contributed by atoms with Crippen LogP contribution >= 0.6 is 0 Å². The number of aromatic nitrogens is 4. The molecule has 106 valence electrons. The van der Waals surface area contributed by atoms with Gasteiger partial charge in [0.2, 0.25) is 0 Å². The van der Waals surface area contributed by atoms with Crippen LogP contribution in [-0.2, 0) is 0 Å². The Hall–Kier alpha value is -2.11. The van der Waals surface area contributed by atoms with Gasteiger partial charge < -0.3 is 10.5 Å². The fourth-order valence-corrected chi connectivity index (χ4v) is 2.78. The summed E-state index contributed by atoms with van der Waals surface area (Å²) >= 11 is 0. The molecule has 0 saturated heterocycles. The van der Waals surface area contributed by atoms with Gasteiger partial charge in [-0.05, 0) is 42.3 Å². The number of hydrogen-bond acceptors (Lipinski definition) is 5. The second-order valence-corrected chi connectivity index (χ2v) is 5.11. The molecule has 1 heterocycles. The number of anilines is 1. The maximum Gasteiger partial charge on any atom is 0.182 e. The number of rotatable bonds is 4. The lowest BCUT2D eigenvalue weighted by Gasteiger charge is -2.12. The van der Waals surface area contributed by atoms with Gasteiger partial charge >= 0.3 is 0 Å². The molecule has 0 bridgehead atoms. The fourth-order valence-electron chi connectivity index (χ4n) is 2.78. The van der Waals surface area contributed by atoms with E-state index in [-0.39, 0.29) is 0 Å². The molecule has 0 aliphatic heterocycles. The minimum absolute atomic E-state index is 0.400. The van der Waals surface area contributed by atoms with E-state index in [0.29, 0.717) is 18.3 Å². The molecule has 1 saturated carbocycles. The molecule has 1 aliphatic carbocycles. The molecule has 0 unspecified atom stereocenters. The summed E-state index contributed by atoms with van der Waals surface area (Å²) in [5.74, 6) is 1.52. The Labute approximate surface area is 117 Å². The van der Waals surface area contributed by atoms with E-state index in [1.54, 1.807) is 0 Å². The van der Waals surface area contributed by atoms with E-state index in [0.717, 1.165) is 30.0 Å². The van der Waals surface area contributed by atoms with Crippen LogP contribution < -0.4 is 10.5 Å². The molecule has 1 aromatic heterocycles. The van der Waals surface area contributed by atoms with E-state index in [2.05, 4.69) is 15.5 Å².